The summed E-state index contributed by atoms with van der Waals surface area (Å²) in [5, 5.41) is 0. The predicted molar refractivity (Wildman–Crippen MR) is 110 cm³/mol. The smallest absolute Gasteiger partial charge is 0.240 e. The van der Waals surface area contributed by atoms with Crippen LogP contribution in [-0.2, 0) is 19.8 Å². The third kappa shape index (κ3) is 3.75. The van der Waals surface area contributed by atoms with Crippen molar-refractivity contribution < 1.29 is 18.8 Å². The molecule has 6 nitrogen and oxygen atoms in total. The van der Waals surface area contributed by atoms with Gasteiger partial charge in [0, 0.05) is 38.5 Å². The quantitative estimate of drug-likeness (QED) is 0.668. The van der Waals surface area contributed by atoms with Crippen LogP contribution in [0.25, 0.3) is 0 Å². The number of imide groups is 1. The number of hydrogen-bond donors (Lipinski definition) is 0. The number of carbonyl (C=O) groups excluding carboxylic acids is 3. The van der Waals surface area contributed by atoms with E-state index in [0.717, 1.165) is 32.2 Å². The van der Waals surface area contributed by atoms with Crippen molar-refractivity contribution in [2.24, 2.45) is 5.92 Å². The summed E-state index contributed by atoms with van der Waals surface area (Å²) < 4.78 is 14.1. The van der Waals surface area contributed by atoms with E-state index in [-0.39, 0.29) is 43.1 Å². The van der Waals surface area contributed by atoms with Crippen LogP contribution in [0.2, 0.25) is 0 Å². The first-order chi connectivity index (χ1) is 14.3. The van der Waals surface area contributed by atoms with Crippen LogP contribution in [0.3, 0.4) is 0 Å². The minimum absolute atomic E-state index is 0.0806. The van der Waals surface area contributed by atoms with Gasteiger partial charge >= 0.3 is 0 Å². The van der Waals surface area contributed by atoms with E-state index in [1.165, 1.54) is 17.0 Å². The van der Waals surface area contributed by atoms with E-state index in [1.807, 2.05) is 23.9 Å². The minimum Gasteiger partial charge on any atom is -0.339 e. The molecule has 3 fully saturated rings. The summed E-state index contributed by atoms with van der Waals surface area (Å²) in [6.45, 7) is 1.54. The molecule has 1 saturated carbocycles. The van der Waals surface area contributed by atoms with Crippen LogP contribution in [0.5, 0.6) is 0 Å². The van der Waals surface area contributed by atoms with Crippen molar-refractivity contribution in [2.75, 3.05) is 33.7 Å². The van der Waals surface area contributed by atoms with Crippen LogP contribution in [0, 0.1) is 11.7 Å². The Balaban J connectivity index is 1.64. The van der Waals surface area contributed by atoms with Gasteiger partial charge in [-0.3, -0.25) is 19.3 Å². The van der Waals surface area contributed by atoms with Gasteiger partial charge in [-0.25, -0.2) is 4.39 Å². The lowest BCUT2D eigenvalue weighted by Gasteiger charge is -2.31. The molecule has 3 atom stereocenters. The van der Waals surface area contributed by atoms with Gasteiger partial charge in [0.1, 0.15) is 5.82 Å². The highest BCUT2D eigenvalue weighted by Crippen LogP contribution is 2.42. The first-order valence-electron chi connectivity index (χ1n) is 10.9. The van der Waals surface area contributed by atoms with Crippen LogP contribution in [0.1, 0.15) is 44.1 Å². The van der Waals surface area contributed by atoms with Gasteiger partial charge in [0.15, 0.2) is 0 Å². The lowest BCUT2D eigenvalue weighted by atomic mass is 9.75. The molecule has 0 N–H and O–H groups in total. The summed E-state index contributed by atoms with van der Waals surface area (Å²) in [6.07, 6.45) is 4.13. The van der Waals surface area contributed by atoms with E-state index in [1.54, 1.807) is 12.1 Å². The largest absolute Gasteiger partial charge is 0.339 e. The third-order valence-corrected chi connectivity index (χ3v) is 6.98. The lowest BCUT2D eigenvalue weighted by molar-refractivity contribution is -0.143. The molecule has 3 amide bonds. The van der Waals surface area contributed by atoms with Crippen molar-refractivity contribution in [3.05, 3.63) is 35.6 Å². The Bertz CT molecular complexity index is 858. The topological polar surface area (TPSA) is 60.9 Å². The van der Waals surface area contributed by atoms with Crippen molar-refractivity contribution in [1.29, 1.82) is 0 Å². The van der Waals surface area contributed by atoms with Crippen LogP contribution >= 0.6 is 0 Å². The average molecular weight is 416 g/mol. The molecule has 3 aliphatic rings. The highest BCUT2D eigenvalue weighted by atomic mass is 19.1. The second-order valence-corrected chi connectivity index (χ2v) is 9.33. The number of likely N-dealkylation sites (tertiary alicyclic amines) is 2. The molecule has 1 aromatic rings. The van der Waals surface area contributed by atoms with Crippen LogP contribution in [0.4, 0.5) is 4.39 Å². The summed E-state index contributed by atoms with van der Waals surface area (Å²) in [5.74, 6) is -0.697. The standard InChI is InChI=1S/C23H30FN3O3/c1-25(2)9-10-26-20(28)13-23(22(26)30,17-6-4-7-18(24)12-17)14-21(29)27-15-16-5-3-8-19(27)11-16/h4,6-7,12,16,19H,3,5,8-11,13-15H2,1-2H3/t16-,19+,23-/m1/s1. The maximum absolute atomic E-state index is 14.1. The molecular formula is C23H30FN3O3. The van der Waals surface area contributed by atoms with Gasteiger partial charge < -0.3 is 9.80 Å². The van der Waals surface area contributed by atoms with Gasteiger partial charge in [-0.1, -0.05) is 18.6 Å². The number of fused-ring (bicyclic) bond motifs is 2. The van der Waals surface area contributed by atoms with E-state index >= 15 is 0 Å². The average Bonchev–Trinajstić information content (AvgIpc) is 3.13. The molecule has 1 aliphatic carbocycles. The van der Waals surface area contributed by atoms with Crippen LogP contribution in [-0.4, -0.2) is 72.2 Å². The molecule has 2 bridgehead atoms. The summed E-state index contributed by atoms with van der Waals surface area (Å²) in [4.78, 5) is 44.8. The summed E-state index contributed by atoms with van der Waals surface area (Å²) >= 11 is 0. The Kier molecular flexibility index (Phi) is 5.66. The van der Waals surface area contributed by atoms with Gasteiger partial charge in [0.25, 0.3) is 0 Å². The Hall–Kier alpha value is -2.28. The Morgan fingerprint density at radius 1 is 1.27 bits per heavy atom. The van der Waals surface area contributed by atoms with Crippen molar-refractivity contribution in [3.63, 3.8) is 0 Å². The number of nitrogens with zero attached hydrogens (tertiary/aromatic N) is 3. The van der Waals surface area contributed by atoms with Crippen LogP contribution in [0.15, 0.2) is 24.3 Å². The monoisotopic (exact) mass is 415 g/mol. The molecule has 162 valence electrons. The fraction of sp³-hybridized carbons (Fsp3) is 0.609. The molecule has 0 unspecified atom stereocenters. The number of amides is 3. The third-order valence-electron chi connectivity index (χ3n) is 6.98. The molecule has 4 rings (SSSR count). The second kappa shape index (κ2) is 8.10. The predicted octanol–water partition coefficient (Wildman–Crippen LogP) is 2.18. The van der Waals surface area contributed by atoms with E-state index in [0.29, 0.717) is 18.0 Å². The highest BCUT2D eigenvalue weighted by Gasteiger charge is 2.54. The second-order valence-electron chi connectivity index (χ2n) is 9.33. The SMILES string of the molecule is CN(C)CCN1C(=O)C[C@@](CC(=O)N2C[C@@H]3CCC[C@H]2C3)(c2cccc(F)c2)C1=O. The first-order valence-corrected chi connectivity index (χ1v) is 10.9. The van der Waals surface area contributed by atoms with Gasteiger partial charge in [-0.2, -0.15) is 0 Å². The molecule has 0 spiro atoms. The molecule has 2 saturated heterocycles. The molecule has 2 heterocycles. The lowest BCUT2D eigenvalue weighted by Crippen LogP contribution is -2.45. The number of hydrogen-bond acceptors (Lipinski definition) is 4. The fourth-order valence-electron chi connectivity index (χ4n) is 5.38. The van der Waals surface area contributed by atoms with E-state index in [4.69, 9.17) is 0 Å². The molecular weight excluding hydrogens is 385 g/mol. The van der Waals surface area contributed by atoms with E-state index in [2.05, 4.69) is 0 Å². The maximum Gasteiger partial charge on any atom is 0.240 e. The minimum atomic E-state index is -1.32. The summed E-state index contributed by atoms with van der Waals surface area (Å²) in [5.41, 5.74) is -0.900. The van der Waals surface area contributed by atoms with Crippen molar-refractivity contribution in [3.8, 4) is 0 Å². The van der Waals surface area contributed by atoms with E-state index < -0.39 is 11.2 Å². The molecule has 2 aliphatic heterocycles. The highest BCUT2D eigenvalue weighted by molar-refractivity contribution is 6.10. The van der Waals surface area contributed by atoms with Crippen molar-refractivity contribution in [1.82, 2.24) is 14.7 Å². The van der Waals surface area contributed by atoms with E-state index in [9.17, 15) is 18.8 Å². The van der Waals surface area contributed by atoms with Gasteiger partial charge in [0.2, 0.25) is 17.7 Å². The number of halogens is 1. The van der Waals surface area contributed by atoms with Gasteiger partial charge in [0.05, 0.1) is 5.41 Å². The normalized spacial score (nSPS) is 28.7. The summed E-state index contributed by atoms with van der Waals surface area (Å²) in [6, 6.07) is 6.06. The summed E-state index contributed by atoms with van der Waals surface area (Å²) in [7, 11) is 3.75. The number of likely N-dealkylation sites (N-methyl/N-ethyl adjacent to an activating group) is 1. The zero-order valence-corrected chi connectivity index (χ0v) is 17.8. The zero-order valence-electron chi connectivity index (χ0n) is 17.8. The van der Waals surface area contributed by atoms with Gasteiger partial charge in [-0.05, 0) is 57.0 Å². The first kappa shape index (κ1) is 21.0. The van der Waals surface area contributed by atoms with Gasteiger partial charge in [-0.15, -0.1) is 0 Å². The zero-order chi connectivity index (χ0) is 21.5. The number of carbonyl (C=O) groups is 3. The fourth-order valence-corrected chi connectivity index (χ4v) is 5.38. The molecule has 0 aromatic heterocycles. The molecule has 7 heteroatoms. The van der Waals surface area contributed by atoms with Crippen LogP contribution < -0.4 is 0 Å². The molecule has 0 radical (unpaired) electrons. The van der Waals surface area contributed by atoms with Crippen molar-refractivity contribution in [2.45, 2.75) is 50.0 Å². The Labute approximate surface area is 177 Å². The molecule has 30 heavy (non-hydrogen) atoms. The van der Waals surface area contributed by atoms with Crippen molar-refractivity contribution >= 4 is 17.7 Å². The number of rotatable bonds is 6. The Morgan fingerprint density at radius 3 is 2.77 bits per heavy atom. The number of benzene rings is 1. The molecule has 1 aromatic carbocycles. The Morgan fingerprint density at radius 2 is 2.07 bits per heavy atom. The maximum atomic E-state index is 14.1.